The molecule has 1 fully saturated rings. The van der Waals surface area contributed by atoms with E-state index in [1.807, 2.05) is 6.92 Å². The van der Waals surface area contributed by atoms with Gasteiger partial charge in [-0.1, -0.05) is 6.92 Å². The zero-order valence-electron chi connectivity index (χ0n) is 17.8. The smallest absolute Gasteiger partial charge is 0.350 e. The van der Waals surface area contributed by atoms with E-state index >= 15 is 0 Å². The standard InChI is InChI=1S/C24H25F2N3OS/c1-3-15-12-18-21-22(20(15)17-8-7-16(25)13-19(17)26)31-11-10-29(21)24(30)27-23(18)28-9-5-4-6-14(28)2/h7-8,12-14H,3-6,9-11H2,1-2H3/t14-/m0/s1. The summed E-state index contributed by atoms with van der Waals surface area (Å²) in [6.45, 7) is 5.68. The molecule has 0 aliphatic carbocycles. The molecule has 3 heterocycles. The molecule has 0 unspecified atom stereocenters. The first-order valence-corrected chi connectivity index (χ1v) is 11.9. The van der Waals surface area contributed by atoms with Gasteiger partial charge in [-0.3, -0.25) is 4.57 Å². The molecule has 2 aromatic carbocycles. The van der Waals surface area contributed by atoms with E-state index < -0.39 is 11.6 Å². The van der Waals surface area contributed by atoms with Crippen LogP contribution in [0.25, 0.3) is 22.0 Å². The lowest BCUT2D eigenvalue weighted by atomic mass is 9.94. The van der Waals surface area contributed by atoms with Crippen molar-refractivity contribution < 1.29 is 8.78 Å². The van der Waals surface area contributed by atoms with Gasteiger partial charge in [-0.2, -0.15) is 4.98 Å². The zero-order valence-corrected chi connectivity index (χ0v) is 18.6. The predicted octanol–water partition coefficient (Wildman–Crippen LogP) is 5.39. The van der Waals surface area contributed by atoms with Gasteiger partial charge in [-0.15, -0.1) is 11.8 Å². The number of piperidine rings is 1. The topological polar surface area (TPSA) is 38.1 Å². The van der Waals surface area contributed by atoms with Crippen LogP contribution in [0.5, 0.6) is 0 Å². The minimum absolute atomic E-state index is 0.253. The Morgan fingerprint density at radius 3 is 2.77 bits per heavy atom. The summed E-state index contributed by atoms with van der Waals surface area (Å²) in [4.78, 5) is 20.7. The second kappa shape index (κ2) is 7.93. The van der Waals surface area contributed by atoms with Crippen LogP contribution < -0.4 is 10.6 Å². The van der Waals surface area contributed by atoms with Gasteiger partial charge in [0.1, 0.15) is 17.5 Å². The van der Waals surface area contributed by atoms with Gasteiger partial charge < -0.3 is 4.90 Å². The highest BCUT2D eigenvalue weighted by Gasteiger charge is 2.28. The van der Waals surface area contributed by atoms with Crippen LogP contribution >= 0.6 is 11.8 Å². The Morgan fingerprint density at radius 1 is 1.19 bits per heavy atom. The maximum absolute atomic E-state index is 14.8. The molecule has 31 heavy (non-hydrogen) atoms. The predicted molar refractivity (Wildman–Crippen MR) is 122 cm³/mol. The Morgan fingerprint density at radius 2 is 2.03 bits per heavy atom. The molecule has 0 radical (unpaired) electrons. The molecule has 1 atom stereocenters. The minimum atomic E-state index is -0.594. The summed E-state index contributed by atoms with van der Waals surface area (Å²) in [7, 11) is 0. The third-order valence-corrected chi connectivity index (χ3v) is 7.57. The van der Waals surface area contributed by atoms with Crippen molar-refractivity contribution in [2.24, 2.45) is 0 Å². The Labute approximate surface area is 184 Å². The summed E-state index contributed by atoms with van der Waals surface area (Å²) >= 11 is 1.64. The van der Waals surface area contributed by atoms with E-state index in [0.717, 1.165) is 58.2 Å². The van der Waals surface area contributed by atoms with Gasteiger partial charge in [-0.05, 0) is 56.4 Å². The van der Waals surface area contributed by atoms with Gasteiger partial charge in [0.25, 0.3) is 0 Å². The van der Waals surface area contributed by atoms with Crippen LogP contribution in [0.4, 0.5) is 14.6 Å². The lowest BCUT2D eigenvalue weighted by Gasteiger charge is -2.36. The van der Waals surface area contributed by atoms with Crippen LogP contribution in [0.2, 0.25) is 0 Å². The molecule has 4 nitrogen and oxygen atoms in total. The molecule has 0 bridgehead atoms. The molecule has 1 aromatic heterocycles. The van der Waals surface area contributed by atoms with Gasteiger partial charge in [0.15, 0.2) is 0 Å². The maximum atomic E-state index is 14.8. The van der Waals surface area contributed by atoms with Crippen LogP contribution in [0.15, 0.2) is 34.0 Å². The van der Waals surface area contributed by atoms with Crippen LogP contribution in [-0.4, -0.2) is 27.9 Å². The summed E-state index contributed by atoms with van der Waals surface area (Å²) < 4.78 is 30.2. The first-order chi connectivity index (χ1) is 15.0. The summed E-state index contributed by atoms with van der Waals surface area (Å²) in [5, 5.41) is 0.957. The van der Waals surface area contributed by atoms with Crippen LogP contribution in [0.1, 0.15) is 38.7 Å². The fourth-order valence-corrected chi connectivity index (χ4v) is 6.15. The fraction of sp³-hybridized carbons (Fsp3) is 0.417. The lowest BCUT2D eigenvalue weighted by molar-refractivity contribution is 0.481. The molecule has 3 aromatic rings. The van der Waals surface area contributed by atoms with E-state index in [-0.39, 0.29) is 5.69 Å². The van der Waals surface area contributed by atoms with Crippen LogP contribution in [0.3, 0.4) is 0 Å². The second-order valence-electron chi connectivity index (χ2n) is 8.37. The first kappa shape index (κ1) is 20.5. The quantitative estimate of drug-likeness (QED) is 0.546. The number of rotatable bonds is 3. The molecule has 0 amide bonds. The van der Waals surface area contributed by atoms with E-state index in [1.54, 1.807) is 16.3 Å². The number of aromatic nitrogens is 2. The normalized spacial score (nSPS) is 18.6. The van der Waals surface area contributed by atoms with Crippen molar-refractivity contribution in [3.63, 3.8) is 0 Å². The molecule has 7 heteroatoms. The Bertz CT molecular complexity index is 1240. The highest BCUT2D eigenvalue weighted by atomic mass is 32.2. The fourth-order valence-electron chi connectivity index (χ4n) is 4.93. The number of halogens is 2. The molecular weight excluding hydrogens is 416 g/mol. The molecule has 0 saturated carbocycles. The molecule has 1 saturated heterocycles. The third-order valence-electron chi connectivity index (χ3n) is 6.50. The Kier molecular flexibility index (Phi) is 5.24. The minimum Gasteiger partial charge on any atom is -0.353 e. The van der Waals surface area contributed by atoms with Gasteiger partial charge in [0, 0.05) is 52.4 Å². The molecule has 0 N–H and O–H groups in total. The molecule has 5 rings (SSSR count). The number of aryl methyl sites for hydroxylation is 2. The number of benzene rings is 2. The van der Waals surface area contributed by atoms with E-state index in [0.29, 0.717) is 30.3 Å². The van der Waals surface area contributed by atoms with E-state index in [9.17, 15) is 13.6 Å². The SMILES string of the molecule is CCc1cc2c(N3CCCC[C@@H]3C)nc(=O)n3c2c(c1-c1ccc(F)cc1F)SCC3. The van der Waals surface area contributed by atoms with Crippen molar-refractivity contribution in [1.29, 1.82) is 0 Å². The second-order valence-corrected chi connectivity index (χ2v) is 9.48. The van der Waals surface area contributed by atoms with Crippen molar-refractivity contribution in [2.45, 2.75) is 57.0 Å². The van der Waals surface area contributed by atoms with E-state index in [1.165, 1.54) is 18.6 Å². The highest BCUT2D eigenvalue weighted by Crippen LogP contribution is 2.45. The zero-order chi connectivity index (χ0) is 21.7. The molecule has 0 spiro atoms. The monoisotopic (exact) mass is 441 g/mol. The van der Waals surface area contributed by atoms with Crippen LogP contribution in [0, 0.1) is 11.6 Å². The number of hydrogen-bond donors (Lipinski definition) is 0. The molecular formula is C24H25F2N3OS. The summed E-state index contributed by atoms with van der Waals surface area (Å²) in [5.41, 5.74) is 2.72. The molecule has 162 valence electrons. The van der Waals surface area contributed by atoms with Crippen molar-refractivity contribution in [3.05, 3.63) is 51.9 Å². The van der Waals surface area contributed by atoms with E-state index in [4.69, 9.17) is 0 Å². The van der Waals surface area contributed by atoms with Crippen molar-refractivity contribution in [3.8, 4) is 11.1 Å². The first-order valence-electron chi connectivity index (χ1n) is 10.9. The third kappa shape index (κ3) is 3.34. The average Bonchev–Trinajstić information content (AvgIpc) is 2.76. The van der Waals surface area contributed by atoms with Crippen LogP contribution in [-0.2, 0) is 13.0 Å². The van der Waals surface area contributed by atoms with Crippen molar-refractivity contribution in [1.82, 2.24) is 9.55 Å². The Balaban J connectivity index is 1.86. The van der Waals surface area contributed by atoms with Gasteiger partial charge in [0.2, 0.25) is 0 Å². The Hall–Kier alpha value is -2.41. The van der Waals surface area contributed by atoms with Crippen molar-refractivity contribution in [2.75, 3.05) is 17.2 Å². The molecule has 2 aliphatic rings. The van der Waals surface area contributed by atoms with Crippen molar-refractivity contribution >= 4 is 28.5 Å². The number of hydrogen-bond acceptors (Lipinski definition) is 4. The van der Waals surface area contributed by atoms with Gasteiger partial charge in [0.05, 0.1) is 5.52 Å². The summed E-state index contributed by atoms with van der Waals surface area (Å²) in [5.74, 6) is 0.285. The number of nitrogens with zero attached hydrogens (tertiary/aromatic N) is 3. The average molecular weight is 442 g/mol. The lowest BCUT2D eigenvalue weighted by Crippen LogP contribution is -2.40. The number of anilines is 1. The maximum Gasteiger partial charge on any atom is 0.350 e. The van der Waals surface area contributed by atoms with Gasteiger partial charge >= 0.3 is 5.69 Å². The van der Waals surface area contributed by atoms with Gasteiger partial charge in [-0.25, -0.2) is 13.6 Å². The largest absolute Gasteiger partial charge is 0.353 e. The highest BCUT2D eigenvalue weighted by molar-refractivity contribution is 7.99. The molecule has 2 aliphatic heterocycles. The summed E-state index contributed by atoms with van der Waals surface area (Å²) in [6.07, 6.45) is 4.04. The van der Waals surface area contributed by atoms with E-state index in [2.05, 4.69) is 22.9 Å². The summed E-state index contributed by atoms with van der Waals surface area (Å²) in [6, 6.07) is 6.12. The number of thioether (sulfide) groups is 1.